The molecule has 0 spiro atoms. The number of likely N-dealkylation sites (tertiary alicyclic amines) is 1. The Labute approximate surface area is 241 Å². The Balaban J connectivity index is 1.54. The third-order valence-corrected chi connectivity index (χ3v) is 8.14. The Morgan fingerprint density at radius 3 is 1.85 bits per heavy atom. The second-order valence-electron chi connectivity index (χ2n) is 10.6. The highest BCUT2D eigenvalue weighted by atomic mass is 79.9. The van der Waals surface area contributed by atoms with Gasteiger partial charge in [0.05, 0.1) is 11.6 Å². The zero-order chi connectivity index (χ0) is 28.0. The molecule has 1 aliphatic rings. The molecule has 0 bridgehead atoms. The molecule has 212 valence electrons. The van der Waals surface area contributed by atoms with Crippen LogP contribution in [-0.4, -0.2) is 28.2 Å². The molecule has 1 atom stereocenters. The van der Waals surface area contributed by atoms with Crippen LogP contribution in [0, 0.1) is 5.82 Å². The zero-order valence-corrected chi connectivity index (χ0v) is 24.9. The van der Waals surface area contributed by atoms with Crippen LogP contribution in [0.2, 0.25) is 0 Å². The van der Waals surface area contributed by atoms with Gasteiger partial charge < -0.3 is 10.0 Å². The summed E-state index contributed by atoms with van der Waals surface area (Å²) in [6.45, 7) is 2.60. The molecule has 1 aliphatic heterocycles. The van der Waals surface area contributed by atoms with Crippen LogP contribution in [0.5, 0.6) is 0 Å². The molecule has 4 nitrogen and oxygen atoms in total. The number of Topliss-reactive ketones (excluding diaryl/α,β-unsaturated/α-hetero) is 1. The van der Waals surface area contributed by atoms with Crippen LogP contribution in [0.1, 0.15) is 114 Å². The van der Waals surface area contributed by atoms with E-state index < -0.39 is 23.5 Å². The van der Waals surface area contributed by atoms with Crippen molar-refractivity contribution in [2.45, 2.75) is 103 Å². The number of halogens is 2. The number of hydrogen-bond acceptors (Lipinski definition) is 3. The lowest BCUT2D eigenvalue weighted by Crippen LogP contribution is -2.31. The molecule has 6 heteroatoms. The summed E-state index contributed by atoms with van der Waals surface area (Å²) in [5.41, 5.74) is 0.576. The van der Waals surface area contributed by atoms with E-state index in [0.29, 0.717) is 12.1 Å². The average molecular weight is 601 g/mol. The van der Waals surface area contributed by atoms with Crippen LogP contribution < -0.4 is 0 Å². The number of ketones is 1. The molecular weight excluding hydrogens is 557 g/mol. The van der Waals surface area contributed by atoms with Crippen LogP contribution in [0.3, 0.4) is 0 Å². The number of carbonyl (C=O) groups is 2. The Kier molecular flexibility index (Phi) is 13.2. The Morgan fingerprint density at radius 2 is 1.31 bits per heavy atom. The van der Waals surface area contributed by atoms with Gasteiger partial charge in [0.15, 0.2) is 0 Å². The topological polar surface area (TPSA) is 57.6 Å². The molecule has 1 N–H and O–H groups in total. The van der Waals surface area contributed by atoms with Crippen LogP contribution >= 0.6 is 15.9 Å². The summed E-state index contributed by atoms with van der Waals surface area (Å²) in [5.74, 6) is -2.24. The number of rotatable bonds is 17. The molecule has 0 saturated carbocycles. The van der Waals surface area contributed by atoms with Gasteiger partial charge >= 0.3 is 0 Å². The third kappa shape index (κ3) is 9.02. The number of aliphatic hydroxyl groups excluding tert-OH is 1. The highest BCUT2D eigenvalue weighted by Gasteiger charge is 2.46. The summed E-state index contributed by atoms with van der Waals surface area (Å²) < 4.78 is 15.7. The van der Waals surface area contributed by atoms with E-state index in [4.69, 9.17) is 0 Å². The van der Waals surface area contributed by atoms with Gasteiger partial charge in [-0.25, -0.2) is 4.39 Å². The molecular formula is C33H43BrFNO3. The maximum atomic E-state index is 14.9. The SMILES string of the molecule is CCCCCCCCCCCCCCCCN1C(=O)C(=O)/C(=C(/O)c2ccc(Br)cc2)C1c1ccccc1F. The van der Waals surface area contributed by atoms with Gasteiger partial charge in [-0.1, -0.05) is 137 Å². The van der Waals surface area contributed by atoms with Crippen molar-refractivity contribution >= 4 is 33.4 Å². The molecule has 1 saturated heterocycles. The van der Waals surface area contributed by atoms with Crippen molar-refractivity contribution in [2.75, 3.05) is 6.54 Å². The van der Waals surface area contributed by atoms with E-state index in [1.165, 1.54) is 75.2 Å². The number of hydrogen-bond donors (Lipinski definition) is 1. The van der Waals surface area contributed by atoms with E-state index in [9.17, 15) is 19.1 Å². The highest BCUT2D eigenvalue weighted by molar-refractivity contribution is 9.10. The predicted molar refractivity (Wildman–Crippen MR) is 160 cm³/mol. The normalized spacial score (nSPS) is 16.8. The molecule has 2 aromatic carbocycles. The molecule has 2 aromatic rings. The summed E-state index contributed by atoms with van der Waals surface area (Å²) >= 11 is 3.36. The van der Waals surface area contributed by atoms with Crippen molar-refractivity contribution in [1.82, 2.24) is 4.90 Å². The number of carbonyl (C=O) groups excluding carboxylic acids is 2. The van der Waals surface area contributed by atoms with Crippen LogP contribution in [0.25, 0.3) is 5.76 Å². The van der Waals surface area contributed by atoms with Gasteiger partial charge in [-0.3, -0.25) is 9.59 Å². The Morgan fingerprint density at radius 1 is 0.795 bits per heavy atom. The molecule has 3 rings (SSSR count). The molecule has 1 fully saturated rings. The maximum Gasteiger partial charge on any atom is 0.295 e. The largest absolute Gasteiger partial charge is 0.507 e. The fourth-order valence-electron chi connectivity index (χ4n) is 5.37. The van der Waals surface area contributed by atoms with E-state index >= 15 is 0 Å². The third-order valence-electron chi connectivity index (χ3n) is 7.61. The van der Waals surface area contributed by atoms with Crippen molar-refractivity contribution in [3.05, 3.63) is 75.5 Å². The van der Waals surface area contributed by atoms with E-state index in [-0.39, 0.29) is 16.9 Å². The van der Waals surface area contributed by atoms with E-state index in [2.05, 4.69) is 22.9 Å². The minimum absolute atomic E-state index is 0.0576. The predicted octanol–water partition coefficient (Wildman–Crippen LogP) is 9.49. The van der Waals surface area contributed by atoms with Gasteiger partial charge in [-0.05, 0) is 24.6 Å². The van der Waals surface area contributed by atoms with Crippen LogP contribution in [0.4, 0.5) is 4.39 Å². The standard InChI is InChI=1S/C33H43BrFNO3/c1-2-3-4-5-6-7-8-9-10-11-12-13-14-17-24-36-30(27-18-15-16-19-28(27)35)29(32(38)33(36)39)31(37)25-20-22-26(34)23-21-25/h15-16,18-23,30,37H,2-14,17,24H2,1H3/b31-29+. The van der Waals surface area contributed by atoms with Gasteiger partial charge in [0.1, 0.15) is 11.6 Å². The molecule has 0 aromatic heterocycles. The van der Waals surface area contributed by atoms with E-state index in [1.807, 2.05) is 0 Å². The fourth-order valence-corrected chi connectivity index (χ4v) is 5.64. The van der Waals surface area contributed by atoms with E-state index in [1.54, 1.807) is 42.5 Å². The zero-order valence-electron chi connectivity index (χ0n) is 23.3. The van der Waals surface area contributed by atoms with Crippen LogP contribution in [-0.2, 0) is 9.59 Å². The number of benzene rings is 2. The van der Waals surface area contributed by atoms with Crippen molar-refractivity contribution in [2.24, 2.45) is 0 Å². The average Bonchev–Trinajstić information content (AvgIpc) is 3.18. The van der Waals surface area contributed by atoms with Crippen molar-refractivity contribution in [3.8, 4) is 0 Å². The number of unbranched alkanes of at least 4 members (excludes halogenated alkanes) is 13. The summed E-state index contributed by atoms with van der Waals surface area (Å²) in [6.07, 6.45) is 17.2. The van der Waals surface area contributed by atoms with Gasteiger partial charge in [-0.15, -0.1) is 0 Å². The summed E-state index contributed by atoms with van der Waals surface area (Å²) in [5, 5.41) is 11.1. The Bertz CT molecular complexity index is 1100. The second-order valence-corrected chi connectivity index (χ2v) is 11.5. The number of amides is 1. The second kappa shape index (κ2) is 16.6. The van der Waals surface area contributed by atoms with Crippen molar-refractivity contribution in [1.29, 1.82) is 0 Å². The van der Waals surface area contributed by atoms with Gasteiger partial charge in [0, 0.05) is 22.1 Å². The molecule has 1 amide bonds. The molecule has 0 aliphatic carbocycles. The summed E-state index contributed by atoms with van der Waals surface area (Å²) in [7, 11) is 0. The smallest absolute Gasteiger partial charge is 0.295 e. The molecule has 1 heterocycles. The minimum Gasteiger partial charge on any atom is -0.507 e. The van der Waals surface area contributed by atoms with Gasteiger partial charge in [0.25, 0.3) is 11.7 Å². The van der Waals surface area contributed by atoms with Gasteiger partial charge in [0.2, 0.25) is 0 Å². The lowest BCUT2D eigenvalue weighted by atomic mass is 9.95. The van der Waals surface area contributed by atoms with Crippen molar-refractivity contribution in [3.63, 3.8) is 0 Å². The first-order valence-corrected chi connectivity index (χ1v) is 15.5. The fraction of sp³-hybridized carbons (Fsp3) is 0.515. The summed E-state index contributed by atoms with van der Waals surface area (Å²) in [6, 6.07) is 12.0. The van der Waals surface area contributed by atoms with Gasteiger partial charge in [-0.2, -0.15) is 0 Å². The maximum absolute atomic E-state index is 14.9. The Hall–Kier alpha value is -2.47. The first-order chi connectivity index (χ1) is 19.0. The van der Waals surface area contributed by atoms with E-state index in [0.717, 1.165) is 30.2 Å². The highest BCUT2D eigenvalue weighted by Crippen LogP contribution is 2.40. The first-order valence-electron chi connectivity index (χ1n) is 14.7. The number of nitrogens with zero attached hydrogens (tertiary/aromatic N) is 1. The first kappa shape index (κ1) is 31.1. The number of aliphatic hydroxyl groups is 1. The molecule has 0 radical (unpaired) electrons. The minimum atomic E-state index is -0.947. The van der Waals surface area contributed by atoms with Crippen LogP contribution in [0.15, 0.2) is 58.6 Å². The monoisotopic (exact) mass is 599 g/mol. The van der Waals surface area contributed by atoms with Crippen molar-refractivity contribution < 1.29 is 19.1 Å². The lowest BCUT2D eigenvalue weighted by Gasteiger charge is -2.25. The summed E-state index contributed by atoms with van der Waals surface area (Å²) in [4.78, 5) is 27.6. The molecule has 39 heavy (non-hydrogen) atoms. The quantitative estimate of drug-likeness (QED) is 0.0852. The molecule has 1 unspecified atom stereocenters. The lowest BCUT2D eigenvalue weighted by molar-refractivity contribution is -0.140.